The van der Waals surface area contributed by atoms with Crippen LogP contribution < -0.4 is 14.8 Å². The summed E-state index contributed by atoms with van der Waals surface area (Å²) in [6.45, 7) is 0.309. The van der Waals surface area contributed by atoms with Crippen LogP contribution in [0.3, 0.4) is 0 Å². The number of carbonyl (C=O) groups is 1. The zero-order valence-electron chi connectivity index (χ0n) is 15.2. The van der Waals surface area contributed by atoms with E-state index in [0.717, 1.165) is 16.9 Å². The third-order valence-corrected chi connectivity index (χ3v) is 5.58. The smallest absolute Gasteiger partial charge is 0.265 e. The van der Waals surface area contributed by atoms with Crippen LogP contribution in [0.5, 0.6) is 11.5 Å². The second kappa shape index (κ2) is 9.01. The third kappa shape index (κ3) is 6.19. The van der Waals surface area contributed by atoms with E-state index >= 15 is 0 Å². The lowest BCUT2D eigenvalue weighted by molar-refractivity contribution is 0.103. The van der Waals surface area contributed by atoms with Crippen molar-refractivity contribution in [1.29, 1.82) is 0 Å². The summed E-state index contributed by atoms with van der Waals surface area (Å²) in [7, 11) is -3.20. The molecule has 0 aliphatic rings. The highest BCUT2D eigenvalue weighted by Gasteiger charge is 2.10. The van der Waals surface area contributed by atoms with E-state index < -0.39 is 10.0 Å². The van der Waals surface area contributed by atoms with Gasteiger partial charge in [-0.05, 0) is 55.0 Å². The maximum absolute atomic E-state index is 12.4. The molecule has 2 aromatic carbocycles. The average Bonchev–Trinajstić information content (AvgIpc) is 3.12. The molecule has 146 valence electrons. The topological polar surface area (TPSA) is 84.5 Å². The molecule has 1 amide bonds. The molecule has 0 spiro atoms. The number of sulfonamides is 1. The van der Waals surface area contributed by atoms with Crippen LogP contribution in [-0.2, 0) is 16.4 Å². The minimum absolute atomic E-state index is 0.205. The molecular weight excluding hydrogens is 396 g/mol. The lowest BCUT2D eigenvalue weighted by Gasteiger charge is -2.07. The Kier molecular flexibility index (Phi) is 6.45. The quantitative estimate of drug-likeness (QED) is 0.584. The van der Waals surface area contributed by atoms with E-state index in [9.17, 15) is 13.2 Å². The first-order chi connectivity index (χ1) is 13.4. The summed E-state index contributed by atoms with van der Waals surface area (Å²) in [5, 5.41) is 2.85. The Hall–Kier alpha value is -2.68. The van der Waals surface area contributed by atoms with Gasteiger partial charge in [-0.15, -0.1) is 11.3 Å². The van der Waals surface area contributed by atoms with Gasteiger partial charge in [0.05, 0.1) is 11.1 Å². The Balaban J connectivity index is 1.54. The fourth-order valence-corrected chi connectivity index (χ4v) is 3.79. The molecule has 3 aromatic rings. The van der Waals surface area contributed by atoms with Gasteiger partial charge in [-0.3, -0.25) is 4.79 Å². The molecule has 0 bridgehead atoms. The second-order valence-electron chi connectivity index (χ2n) is 6.08. The highest BCUT2D eigenvalue weighted by Crippen LogP contribution is 2.23. The van der Waals surface area contributed by atoms with Crippen molar-refractivity contribution in [1.82, 2.24) is 4.72 Å². The van der Waals surface area contributed by atoms with E-state index in [1.807, 2.05) is 36.4 Å². The number of ether oxygens (including phenoxy) is 1. The number of hydrogen-bond acceptors (Lipinski definition) is 5. The van der Waals surface area contributed by atoms with E-state index in [-0.39, 0.29) is 5.91 Å². The van der Waals surface area contributed by atoms with Gasteiger partial charge in [0.15, 0.2) is 0 Å². The van der Waals surface area contributed by atoms with Crippen molar-refractivity contribution in [2.24, 2.45) is 0 Å². The van der Waals surface area contributed by atoms with Gasteiger partial charge in [0, 0.05) is 17.1 Å². The summed E-state index contributed by atoms with van der Waals surface area (Å²) in [4.78, 5) is 13.9. The molecule has 0 saturated carbocycles. The van der Waals surface area contributed by atoms with Gasteiger partial charge in [0.1, 0.15) is 11.5 Å². The minimum Gasteiger partial charge on any atom is -0.457 e. The van der Waals surface area contributed by atoms with Crippen molar-refractivity contribution >= 4 is 33.0 Å². The molecule has 3 rings (SSSR count). The number of hydrogen-bond donors (Lipinski definition) is 2. The van der Waals surface area contributed by atoms with Crippen molar-refractivity contribution in [3.63, 3.8) is 0 Å². The van der Waals surface area contributed by atoms with E-state index in [2.05, 4.69) is 10.0 Å². The molecular formula is C20H20N2O4S2. The molecule has 0 radical (unpaired) electrons. The van der Waals surface area contributed by atoms with Crippen molar-refractivity contribution in [3.05, 3.63) is 76.5 Å². The molecule has 0 saturated heterocycles. The van der Waals surface area contributed by atoms with Crippen LogP contribution in [-0.4, -0.2) is 27.1 Å². The van der Waals surface area contributed by atoms with Crippen LogP contribution in [0, 0.1) is 0 Å². The molecule has 0 unspecified atom stereocenters. The minimum atomic E-state index is -3.20. The van der Waals surface area contributed by atoms with Gasteiger partial charge >= 0.3 is 0 Å². The molecule has 6 nitrogen and oxygen atoms in total. The predicted octanol–water partition coefficient (Wildman–Crippen LogP) is 3.88. The molecule has 0 aliphatic heterocycles. The maximum atomic E-state index is 12.4. The van der Waals surface area contributed by atoms with Gasteiger partial charge in [0.25, 0.3) is 5.91 Å². The van der Waals surface area contributed by atoms with E-state index in [1.165, 1.54) is 11.3 Å². The summed E-state index contributed by atoms with van der Waals surface area (Å²) in [6, 6.07) is 20.2. The maximum Gasteiger partial charge on any atom is 0.265 e. The number of benzene rings is 2. The summed E-state index contributed by atoms with van der Waals surface area (Å²) < 4.78 is 30.3. The molecule has 8 heteroatoms. The molecule has 2 N–H and O–H groups in total. The number of para-hydroxylation sites is 1. The summed E-state index contributed by atoms with van der Waals surface area (Å²) in [5.74, 6) is 1.22. The van der Waals surface area contributed by atoms with Crippen LogP contribution in [0.25, 0.3) is 0 Å². The van der Waals surface area contributed by atoms with Crippen LogP contribution in [0.2, 0.25) is 0 Å². The molecule has 28 heavy (non-hydrogen) atoms. The Labute approximate surface area is 168 Å². The van der Waals surface area contributed by atoms with E-state index in [1.54, 1.807) is 30.3 Å². The average molecular weight is 417 g/mol. The third-order valence-electron chi connectivity index (χ3n) is 3.71. The first-order valence-corrected chi connectivity index (χ1v) is 11.3. The number of anilines is 1. The van der Waals surface area contributed by atoms with Crippen molar-refractivity contribution in [3.8, 4) is 11.5 Å². The summed E-state index contributed by atoms with van der Waals surface area (Å²) in [5.41, 5.74) is 0.666. The van der Waals surface area contributed by atoms with Gasteiger partial charge < -0.3 is 10.1 Å². The lowest BCUT2D eigenvalue weighted by atomic mass is 10.3. The first-order valence-electron chi connectivity index (χ1n) is 8.57. The molecule has 0 fully saturated rings. The highest BCUT2D eigenvalue weighted by atomic mass is 32.2. The van der Waals surface area contributed by atoms with Crippen molar-refractivity contribution in [2.45, 2.75) is 6.42 Å². The van der Waals surface area contributed by atoms with Crippen LogP contribution in [0.1, 0.15) is 14.5 Å². The first kappa shape index (κ1) is 20.1. The van der Waals surface area contributed by atoms with Crippen molar-refractivity contribution < 1.29 is 17.9 Å². The fourth-order valence-electron chi connectivity index (χ4n) is 2.42. The standard InChI is InChI=1S/C20H20N2O4S2/c1-28(24,25)21-14-13-18-11-12-19(27-18)20(23)22-15-7-9-17(10-8-15)26-16-5-3-2-4-6-16/h2-12,21H,13-14H2,1H3,(H,22,23). The fraction of sp³-hybridized carbons (Fsp3) is 0.150. The zero-order chi connectivity index (χ0) is 20.0. The Morgan fingerprint density at radius 2 is 1.64 bits per heavy atom. The monoisotopic (exact) mass is 416 g/mol. The second-order valence-corrected chi connectivity index (χ2v) is 9.08. The zero-order valence-corrected chi connectivity index (χ0v) is 16.8. The molecule has 1 aromatic heterocycles. The van der Waals surface area contributed by atoms with Gasteiger partial charge in [-0.25, -0.2) is 13.1 Å². The highest BCUT2D eigenvalue weighted by molar-refractivity contribution is 7.88. The molecule has 0 atom stereocenters. The number of rotatable bonds is 8. The number of amides is 1. The Morgan fingerprint density at radius 1 is 0.964 bits per heavy atom. The number of thiophene rings is 1. The SMILES string of the molecule is CS(=O)(=O)NCCc1ccc(C(=O)Nc2ccc(Oc3ccccc3)cc2)s1. The largest absolute Gasteiger partial charge is 0.457 e. The van der Waals surface area contributed by atoms with Crippen molar-refractivity contribution in [2.75, 3.05) is 18.1 Å². The summed E-state index contributed by atoms with van der Waals surface area (Å²) in [6.07, 6.45) is 1.66. The van der Waals surface area contributed by atoms with Gasteiger partial charge in [-0.1, -0.05) is 18.2 Å². The predicted molar refractivity (Wildman–Crippen MR) is 112 cm³/mol. The normalized spacial score (nSPS) is 11.2. The molecule has 0 aliphatic carbocycles. The lowest BCUT2D eigenvalue weighted by Crippen LogP contribution is -2.24. The number of carbonyl (C=O) groups excluding carboxylic acids is 1. The van der Waals surface area contributed by atoms with Crippen LogP contribution in [0.4, 0.5) is 5.69 Å². The number of nitrogens with one attached hydrogen (secondary N) is 2. The van der Waals surface area contributed by atoms with E-state index in [0.29, 0.717) is 29.3 Å². The molecule has 1 heterocycles. The van der Waals surface area contributed by atoms with E-state index in [4.69, 9.17) is 4.74 Å². The van der Waals surface area contributed by atoms with Gasteiger partial charge in [0.2, 0.25) is 10.0 Å². The van der Waals surface area contributed by atoms with Crippen LogP contribution in [0.15, 0.2) is 66.7 Å². The summed E-state index contributed by atoms with van der Waals surface area (Å²) >= 11 is 1.34. The van der Waals surface area contributed by atoms with Gasteiger partial charge in [-0.2, -0.15) is 0 Å². The van der Waals surface area contributed by atoms with Crippen LogP contribution >= 0.6 is 11.3 Å². The Bertz CT molecular complexity index is 1030. The Morgan fingerprint density at radius 3 is 2.32 bits per heavy atom.